The number of nitrogens with two attached hydrogens (primary N) is 1. The number of aryl methyl sites for hydroxylation is 2. The number of aromatic nitrogens is 1. The molecule has 43 heteroatoms. The summed E-state index contributed by atoms with van der Waals surface area (Å²) >= 11 is 0. The molecule has 1 aromatic heterocycles. The number of amides is 14. The summed E-state index contributed by atoms with van der Waals surface area (Å²) in [7, 11) is -11.3. The van der Waals surface area contributed by atoms with Gasteiger partial charge in [-0.05, 0) is 125 Å². The summed E-state index contributed by atoms with van der Waals surface area (Å²) < 4.78 is 45.0. The van der Waals surface area contributed by atoms with Crippen molar-refractivity contribution >= 4 is 109 Å². The van der Waals surface area contributed by atoms with E-state index in [-0.39, 0.29) is 213 Å². The Morgan fingerprint density at radius 2 is 0.933 bits per heavy atom. The number of nitrogens with zero attached hydrogens (tertiary/aromatic N) is 1. The van der Waals surface area contributed by atoms with Crippen molar-refractivity contribution in [1.29, 1.82) is 0 Å². The lowest BCUT2D eigenvalue weighted by atomic mass is 9.80. The van der Waals surface area contributed by atoms with Crippen LogP contribution in [0.25, 0.3) is 0 Å². The number of benzene rings is 2. The van der Waals surface area contributed by atoms with Gasteiger partial charge in [-0.25, -0.2) is 4.79 Å². The van der Waals surface area contributed by atoms with Crippen LogP contribution in [0.15, 0.2) is 73.1 Å². The number of carbonyl (C=O) groups is 14. The number of hydrogen-bond donors (Lipinski definition) is 20. The Bertz CT molecular complexity index is 3850. The number of para-hydroxylation sites is 1. The summed E-state index contributed by atoms with van der Waals surface area (Å²) in [6.45, 7) is 3.62. The Morgan fingerprint density at radius 3 is 1.43 bits per heavy atom. The van der Waals surface area contributed by atoms with Crippen LogP contribution in [0.2, 0.25) is 0 Å². The smallest absolute Gasteiger partial charge is 0.369 e. The van der Waals surface area contributed by atoms with E-state index in [1.54, 1.807) is 54.9 Å². The topological polar surface area (TPSA) is 627 Å². The van der Waals surface area contributed by atoms with Gasteiger partial charge in [-0.2, -0.15) is 0 Å². The summed E-state index contributed by atoms with van der Waals surface area (Å²) in [6.07, 6.45) is 5.16. The van der Waals surface area contributed by atoms with E-state index in [4.69, 9.17) is 24.7 Å². The molecule has 0 radical (unpaired) electrons. The fourth-order valence-electron chi connectivity index (χ4n) is 12.1. The maximum atomic E-state index is 14.4. The average Bonchev–Trinajstić information content (AvgIpc) is 0.771. The molecule has 0 aliphatic heterocycles. The van der Waals surface area contributed by atoms with Crippen LogP contribution in [0.5, 0.6) is 0 Å². The maximum absolute atomic E-state index is 14.4. The molecule has 1 aliphatic carbocycles. The van der Waals surface area contributed by atoms with Gasteiger partial charge in [-0.15, -0.1) is 0 Å². The van der Waals surface area contributed by atoms with Crippen LogP contribution >= 0.6 is 15.2 Å². The third-order valence-electron chi connectivity index (χ3n) is 18.8. The van der Waals surface area contributed by atoms with E-state index in [1.807, 2.05) is 25.1 Å². The van der Waals surface area contributed by atoms with Crippen molar-refractivity contribution in [1.82, 2.24) is 63.5 Å². The van der Waals surface area contributed by atoms with Gasteiger partial charge in [0, 0.05) is 127 Å². The molecule has 668 valence electrons. The van der Waals surface area contributed by atoms with E-state index in [0.29, 0.717) is 61.9 Å². The molecule has 1 saturated carbocycles. The van der Waals surface area contributed by atoms with Gasteiger partial charge < -0.3 is 124 Å². The number of aliphatic hydroxyl groups is 1. The van der Waals surface area contributed by atoms with Crippen molar-refractivity contribution in [2.24, 2.45) is 5.73 Å². The van der Waals surface area contributed by atoms with Gasteiger partial charge in [-0.3, -0.25) is 76.4 Å². The molecule has 3 atom stereocenters. The van der Waals surface area contributed by atoms with Gasteiger partial charge in [0.05, 0.1) is 59.3 Å². The van der Waals surface area contributed by atoms with Crippen molar-refractivity contribution in [2.75, 3.05) is 109 Å². The maximum Gasteiger partial charge on any atom is 0.369 e. The first-order valence-corrected chi connectivity index (χ1v) is 43.3. The molecule has 3 aromatic rings. The molecule has 1 heterocycles. The number of anilines is 2. The van der Waals surface area contributed by atoms with E-state index < -0.39 is 122 Å². The normalized spacial score (nSPS) is 13.3. The highest BCUT2D eigenvalue weighted by molar-refractivity contribution is 7.72. The minimum Gasteiger partial charge on any atom is -0.481 e. The minimum atomic E-state index is -5.63. The van der Waals surface area contributed by atoms with Crippen LogP contribution in [0.1, 0.15) is 164 Å². The molecule has 0 unspecified atom stereocenters. The first kappa shape index (κ1) is 102. The highest BCUT2D eigenvalue weighted by atomic mass is 31.2. The molecule has 14 amide bonds. The standard InChI is InChI=1S/C77H119N15O26P2/c1-54-14-3-4-16-58(54)91-75(107)87-57-24-21-55(22-25-57)52-69(100)89-60(18-6-10-38-80-62(93)26-23-56-15-12-36-79-53-56)72(104)90-61(19-11-20-70(101)102)73(105)92-76(33-7-2-8-34-76)74(106)86-43-47-118-51-50-117-45-41-84-66(97)30-29-65(96)83-40-44-115-48-49-116-46-42-85-67(98)31-32-68(99)88-59(71(78)103)17-5-9-37-81-63(94)27-28-64(95)82-39-13-35-77(108,119(109,110)111)120(112,113)114/h3-4,12,14-16,21-22,24-25,36,53,59-61,108H,2,5-11,13,17-20,23,26-35,37-52H2,1H3,(H2,78,103)(H,80,93)(H,81,94)(H,82,95)(H,83,96)(H,84,97)(H,85,98)(H,86,106)(H,88,99)(H,89,100)(H,90,104)(H,92,105)(H,101,102)(H2,87,91,107)(H2,109,110,111)(H2,112,113,114)/t59-,60-,61-/m0/s1. The zero-order valence-corrected chi connectivity index (χ0v) is 69.5. The number of aliphatic carboxylic acids is 1. The molecule has 2 aromatic carbocycles. The summed E-state index contributed by atoms with van der Waals surface area (Å²) in [5, 5.41) is 50.9. The second kappa shape index (κ2) is 56.6. The number of nitrogens with one attached hydrogen (secondary N) is 13. The molecular weight excluding hydrogens is 1610 g/mol. The van der Waals surface area contributed by atoms with Gasteiger partial charge in [0.1, 0.15) is 23.7 Å². The molecule has 21 N–H and O–H groups in total. The first-order valence-electron chi connectivity index (χ1n) is 40.1. The third kappa shape index (κ3) is 42.8. The minimum absolute atomic E-state index is 0.0139. The number of pyridine rings is 1. The Morgan fingerprint density at radius 1 is 0.475 bits per heavy atom. The molecule has 0 saturated heterocycles. The average molecular weight is 1730 g/mol. The first-order chi connectivity index (χ1) is 57.2. The SMILES string of the molecule is Cc1ccccc1NC(=O)Nc1ccc(CC(=O)N[C@@H](CCCCNC(=O)CCc2cccnc2)C(=O)N[C@@H](CCCC(=O)O)C(=O)NC2(C(=O)NCCOCCOCCNC(=O)CCC(=O)NCCOCCOCCNC(=O)CCC(=O)N[C@@H](CCCCNC(=O)CCC(=O)NCCCC(O)(P(=O)(O)O)P(=O)(O)O)C(N)=O)CCCCC2)cc1. The number of carboxylic acids is 1. The van der Waals surface area contributed by atoms with Crippen molar-refractivity contribution < 1.29 is 125 Å². The fourth-order valence-corrected chi connectivity index (χ4v) is 14.4. The predicted molar refractivity (Wildman–Crippen MR) is 435 cm³/mol. The summed E-state index contributed by atoms with van der Waals surface area (Å²) in [6, 6.07) is 13.5. The van der Waals surface area contributed by atoms with Crippen LogP contribution in [-0.2, 0) is 103 Å². The lowest BCUT2D eigenvalue weighted by Crippen LogP contribution is -2.63. The Hall–Kier alpha value is -9.93. The zero-order valence-electron chi connectivity index (χ0n) is 67.7. The quantitative estimate of drug-likeness (QED) is 0.0271. The van der Waals surface area contributed by atoms with Crippen molar-refractivity contribution in [3.05, 3.63) is 89.7 Å². The number of hydrogen-bond acceptors (Lipinski definition) is 22. The largest absolute Gasteiger partial charge is 0.481 e. The number of primary amides is 1. The highest BCUT2D eigenvalue weighted by Gasteiger charge is 2.58. The van der Waals surface area contributed by atoms with Crippen LogP contribution in [0.3, 0.4) is 0 Å². The van der Waals surface area contributed by atoms with E-state index in [1.165, 1.54) is 0 Å². The summed E-state index contributed by atoms with van der Waals surface area (Å²) in [4.78, 5) is 220. The van der Waals surface area contributed by atoms with E-state index in [0.717, 1.165) is 17.5 Å². The van der Waals surface area contributed by atoms with Crippen molar-refractivity contribution in [3.63, 3.8) is 0 Å². The van der Waals surface area contributed by atoms with Crippen LogP contribution in [0, 0.1) is 6.92 Å². The van der Waals surface area contributed by atoms with Crippen LogP contribution in [0.4, 0.5) is 16.2 Å². The molecule has 120 heavy (non-hydrogen) atoms. The van der Waals surface area contributed by atoms with Gasteiger partial charge >= 0.3 is 27.2 Å². The summed E-state index contributed by atoms with van der Waals surface area (Å²) in [5.41, 5.74) is 7.51. The number of unbranched alkanes of at least 4 members (excludes halogenated alkanes) is 2. The van der Waals surface area contributed by atoms with Gasteiger partial charge in [0.2, 0.25) is 70.9 Å². The Balaban J connectivity index is 1.06. The van der Waals surface area contributed by atoms with E-state index in [2.05, 4.69) is 74.1 Å². The predicted octanol–water partition coefficient (Wildman–Crippen LogP) is 0.566. The van der Waals surface area contributed by atoms with Crippen LogP contribution in [-0.4, -0.2) is 245 Å². The second-order valence-electron chi connectivity index (χ2n) is 28.5. The Labute approximate surface area is 696 Å². The molecule has 41 nitrogen and oxygen atoms in total. The second-order valence-corrected chi connectivity index (χ2v) is 32.5. The number of rotatable bonds is 62. The van der Waals surface area contributed by atoms with E-state index in [9.17, 15) is 106 Å². The number of ether oxygens (including phenoxy) is 4. The number of carbonyl (C=O) groups excluding carboxylic acids is 13. The molecule has 4 rings (SSSR count). The van der Waals surface area contributed by atoms with Crippen molar-refractivity contribution in [2.45, 2.75) is 196 Å². The van der Waals surface area contributed by atoms with Gasteiger partial charge in [0.15, 0.2) is 0 Å². The fraction of sp³-hybridized carbons (Fsp3) is 0.597. The molecule has 0 bridgehead atoms. The molecule has 1 fully saturated rings. The highest BCUT2D eigenvalue weighted by Crippen LogP contribution is 2.69. The number of carboxylic acid groups (broad SMARTS) is 1. The molecule has 0 spiro atoms. The third-order valence-corrected chi connectivity index (χ3v) is 22.7. The van der Waals surface area contributed by atoms with Gasteiger partial charge in [-0.1, -0.05) is 55.7 Å². The summed E-state index contributed by atoms with van der Waals surface area (Å²) in [5.74, 6) is -7.49. The van der Waals surface area contributed by atoms with E-state index >= 15 is 0 Å². The number of urea groups is 1. The molecular formula is C77H119N15O26P2. The zero-order chi connectivity index (χ0) is 88.2. The Kier molecular flexibility index (Phi) is 48.3. The van der Waals surface area contributed by atoms with Crippen LogP contribution < -0.4 is 74.9 Å². The molecule has 1 aliphatic rings. The lowest BCUT2D eigenvalue weighted by Gasteiger charge is -2.38. The monoisotopic (exact) mass is 1730 g/mol. The lowest BCUT2D eigenvalue weighted by molar-refractivity contribution is -0.138. The van der Waals surface area contributed by atoms with Gasteiger partial charge in [0.25, 0.3) is 5.08 Å². The van der Waals surface area contributed by atoms with Crippen molar-refractivity contribution in [3.8, 4) is 0 Å².